The summed E-state index contributed by atoms with van der Waals surface area (Å²) in [4.78, 5) is 18.0. The molecule has 5 nitrogen and oxygen atoms in total. The highest BCUT2D eigenvalue weighted by molar-refractivity contribution is 7.20. The highest BCUT2D eigenvalue weighted by Gasteiger charge is 2.45. The third kappa shape index (κ3) is 3.16. The minimum atomic E-state index is -0.421. The fourth-order valence-corrected chi connectivity index (χ4v) is 6.10. The largest absolute Gasteiger partial charge is 0.294 e. The number of benzene rings is 1. The number of para-hydroxylation sites is 1. The van der Waals surface area contributed by atoms with E-state index in [-0.39, 0.29) is 11.7 Å². The standard InChI is InChI=1S/C24H26N4OS/c1-24(2)13-19(29)21-18(12-11-15-7-3-4-8-15)27-28(22(21)16(24)14-25)23-26-17-9-5-6-10-20(17)30-23/h5-6,9-10,15-16H,3-4,7-8,11-13H2,1-2H3. The Kier molecular flexibility index (Phi) is 4.74. The third-order valence-corrected chi connectivity index (χ3v) is 7.81. The fourth-order valence-electron chi connectivity index (χ4n) is 5.17. The quantitative estimate of drug-likeness (QED) is 0.535. The minimum Gasteiger partial charge on any atom is -0.294 e. The van der Waals surface area contributed by atoms with Gasteiger partial charge in [-0.2, -0.15) is 10.4 Å². The Morgan fingerprint density at radius 2 is 2.03 bits per heavy atom. The summed E-state index contributed by atoms with van der Waals surface area (Å²) >= 11 is 1.56. The van der Waals surface area contributed by atoms with E-state index in [0.717, 1.165) is 45.5 Å². The molecule has 0 aliphatic heterocycles. The molecule has 2 heterocycles. The number of carbonyl (C=O) groups is 1. The van der Waals surface area contributed by atoms with Gasteiger partial charge in [-0.05, 0) is 36.3 Å². The molecule has 1 unspecified atom stereocenters. The molecule has 0 spiro atoms. The Balaban J connectivity index is 1.65. The number of fused-ring (bicyclic) bond motifs is 2. The van der Waals surface area contributed by atoms with E-state index in [0.29, 0.717) is 12.0 Å². The molecular formula is C24H26N4OS. The second-order valence-electron chi connectivity index (χ2n) is 9.42. The second-order valence-corrected chi connectivity index (χ2v) is 10.4. The third-order valence-electron chi connectivity index (χ3n) is 6.80. The van der Waals surface area contributed by atoms with Crippen molar-refractivity contribution in [2.75, 3.05) is 0 Å². The van der Waals surface area contributed by atoms with Crippen LogP contribution in [0.15, 0.2) is 24.3 Å². The lowest BCUT2D eigenvalue weighted by molar-refractivity contribution is 0.0898. The van der Waals surface area contributed by atoms with Crippen LogP contribution in [0, 0.1) is 22.7 Å². The van der Waals surface area contributed by atoms with E-state index in [4.69, 9.17) is 10.1 Å². The lowest BCUT2D eigenvalue weighted by Gasteiger charge is -2.33. The minimum absolute atomic E-state index is 0.121. The Labute approximate surface area is 180 Å². The molecule has 2 aliphatic rings. The van der Waals surface area contributed by atoms with Crippen LogP contribution in [0.2, 0.25) is 0 Å². The molecule has 5 rings (SSSR count). The number of aromatic nitrogens is 3. The first kappa shape index (κ1) is 19.4. The average molecular weight is 419 g/mol. The number of ketones is 1. The molecular weight excluding hydrogens is 392 g/mol. The van der Waals surface area contributed by atoms with Crippen molar-refractivity contribution in [3.8, 4) is 11.2 Å². The predicted molar refractivity (Wildman–Crippen MR) is 118 cm³/mol. The highest BCUT2D eigenvalue weighted by atomic mass is 32.1. The Bertz CT molecular complexity index is 1130. The van der Waals surface area contributed by atoms with Crippen LogP contribution in [0.1, 0.15) is 80.0 Å². The van der Waals surface area contributed by atoms with Gasteiger partial charge in [-0.3, -0.25) is 4.79 Å². The number of hydrogen-bond donors (Lipinski definition) is 0. The van der Waals surface area contributed by atoms with E-state index in [1.165, 1.54) is 25.7 Å². The zero-order chi connectivity index (χ0) is 20.9. The van der Waals surface area contributed by atoms with Gasteiger partial charge in [0.1, 0.15) is 0 Å². The van der Waals surface area contributed by atoms with Crippen molar-refractivity contribution in [3.63, 3.8) is 0 Å². The van der Waals surface area contributed by atoms with Crippen LogP contribution in [-0.2, 0) is 6.42 Å². The lowest BCUT2D eigenvalue weighted by Crippen LogP contribution is -2.32. The molecule has 1 saturated carbocycles. The van der Waals surface area contributed by atoms with Gasteiger partial charge in [0.15, 0.2) is 5.78 Å². The molecule has 0 radical (unpaired) electrons. The maximum atomic E-state index is 13.2. The number of hydrogen-bond acceptors (Lipinski definition) is 5. The van der Waals surface area contributed by atoms with Crippen molar-refractivity contribution in [2.24, 2.45) is 11.3 Å². The first-order valence-corrected chi connectivity index (χ1v) is 11.7. The molecule has 2 aliphatic carbocycles. The average Bonchev–Trinajstić information content (AvgIpc) is 3.43. The smallest absolute Gasteiger partial charge is 0.211 e. The fraction of sp³-hybridized carbons (Fsp3) is 0.500. The van der Waals surface area contributed by atoms with Gasteiger partial charge in [0.05, 0.1) is 39.2 Å². The van der Waals surface area contributed by atoms with Crippen LogP contribution < -0.4 is 0 Å². The highest BCUT2D eigenvalue weighted by Crippen LogP contribution is 2.47. The number of nitriles is 1. The van der Waals surface area contributed by atoms with E-state index in [9.17, 15) is 10.1 Å². The van der Waals surface area contributed by atoms with Crippen LogP contribution in [0.25, 0.3) is 15.3 Å². The number of nitrogens with zero attached hydrogens (tertiary/aromatic N) is 4. The molecule has 154 valence electrons. The number of carbonyl (C=O) groups excluding carboxylic acids is 1. The van der Waals surface area contributed by atoms with Crippen LogP contribution in [-0.4, -0.2) is 20.5 Å². The van der Waals surface area contributed by atoms with Crippen molar-refractivity contribution in [1.29, 1.82) is 5.26 Å². The predicted octanol–water partition coefficient (Wildman–Crippen LogP) is 5.82. The Morgan fingerprint density at radius 1 is 1.27 bits per heavy atom. The zero-order valence-corrected chi connectivity index (χ0v) is 18.3. The molecule has 0 N–H and O–H groups in total. The van der Waals surface area contributed by atoms with Gasteiger partial charge in [-0.1, -0.05) is 63.0 Å². The summed E-state index contributed by atoms with van der Waals surface area (Å²) in [5.41, 5.74) is 2.80. The monoisotopic (exact) mass is 418 g/mol. The molecule has 1 fully saturated rings. The zero-order valence-electron chi connectivity index (χ0n) is 17.5. The summed E-state index contributed by atoms with van der Waals surface area (Å²) in [6, 6.07) is 10.5. The lowest BCUT2D eigenvalue weighted by atomic mass is 9.68. The summed E-state index contributed by atoms with van der Waals surface area (Å²) in [6.07, 6.45) is 7.44. The summed E-state index contributed by atoms with van der Waals surface area (Å²) in [7, 11) is 0. The molecule has 0 amide bonds. The summed E-state index contributed by atoms with van der Waals surface area (Å²) < 4.78 is 2.90. The van der Waals surface area contributed by atoms with Gasteiger partial charge in [-0.25, -0.2) is 9.67 Å². The Hall–Kier alpha value is -2.52. The topological polar surface area (TPSA) is 71.6 Å². The molecule has 3 aromatic rings. The van der Waals surface area contributed by atoms with Crippen LogP contribution in [0.5, 0.6) is 0 Å². The van der Waals surface area contributed by atoms with Crippen molar-refractivity contribution in [1.82, 2.24) is 14.8 Å². The van der Waals surface area contributed by atoms with Crippen molar-refractivity contribution in [3.05, 3.63) is 41.2 Å². The first-order valence-electron chi connectivity index (χ1n) is 10.9. The SMILES string of the molecule is CC1(C)CC(=O)c2c(CCC3CCCC3)nn(-c3nc4ccccc4s3)c2C1C#N. The number of Topliss-reactive ketones (excluding diaryl/α,β-unsaturated/α-hetero) is 1. The number of aryl methyl sites for hydroxylation is 1. The van der Waals surface area contributed by atoms with Crippen LogP contribution in [0.3, 0.4) is 0 Å². The maximum absolute atomic E-state index is 13.2. The molecule has 2 aromatic heterocycles. The van der Waals surface area contributed by atoms with Gasteiger partial charge in [0.2, 0.25) is 5.13 Å². The van der Waals surface area contributed by atoms with Crippen molar-refractivity contribution in [2.45, 2.75) is 64.7 Å². The normalized spacial score (nSPS) is 21.1. The first-order chi connectivity index (χ1) is 14.5. The van der Waals surface area contributed by atoms with Gasteiger partial charge >= 0.3 is 0 Å². The van der Waals surface area contributed by atoms with Gasteiger partial charge in [0, 0.05) is 6.42 Å². The Morgan fingerprint density at radius 3 is 2.77 bits per heavy atom. The molecule has 1 aromatic carbocycles. The van der Waals surface area contributed by atoms with Crippen molar-refractivity contribution < 1.29 is 4.79 Å². The van der Waals surface area contributed by atoms with Gasteiger partial charge in [-0.15, -0.1) is 0 Å². The van der Waals surface area contributed by atoms with Crippen LogP contribution in [0.4, 0.5) is 0 Å². The second kappa shape index (κ2) is 7.31. The summed E-state index contributed by atoms with van der Waals surface area (Å²) in [5.74, 6) is 0.468. The maximum Gasteiger partial charge on any atom is 0.211 e. The van der Waals surface area contributed by atoms with E-state index in [2.05, 4.69) is 6.07 Å². The number of thiazole rings is 1. The molecule has 6 heteroatoms. The molecule has 1 atom stereocenters. The molecule has 0 saturated heterocycles. The van der Waals surface area contributed by atoms with E-state index < -0.39 is 5.41 Å². The number of rotatable bonds is 4. The van der Waals surface area contributed by atoms with E-state index in [1.54, 1.807) is 11.3 Å². The molecule has 0 bridgehead atoms. The van der Waals surface area contributed by atoms with Crippen molar-refractivity contribution >= 4 is 27.3 Å². The van der Waals surface area contributed by atoms with E-state index in [1.807, 2.05) is 42.8 Å². The summed E-state index contributed by atoms with van der Waals surface area (Å²) in [6.45, 7) is 4.02. The molecule has 30 heavy (non-hydrogen) atoms. The van der Waals surface area contributed by atoms with Crippen LogP contribution >= 0.6 is 11.3 Å². The van der Waals surface area contributed by atoms with E-state index >= 15 is 0 Å². The van der Waals surface area contributed by atoms with Gasteiger partial charge in [0.25, 0.3) is 0 Å². The van der Waals surface area contributed by atoms with Gasteiger partial charge < -0.3 is 0 Å². The summed E-state index contributed by atoms with van der Waals surface area (Å²) in [5, 5.41) is 15.7.